The molecule has 8 heteroatoms. The van der Waals surface area contributed by atoms with Gasteiger partial charge >= 0.3 is 0 Å². The number of hydrazone groups is 1. The van der Waals surface area contributed by atoms with E-state index in [2.05, 4.69) is 36.7 Å². The molecule has 0 aliphatic rings. The van der Waals surface area contributed by atoms with E-state index in [4.69, 9.17) is 11.6 Å². The summed E-state index contributed by atoms with van der Waals surface area (Å²) < 4.78 is 0.791. The molecular formula is C17H12BrClN4O2. The molecular weight excluding hydrogens is 408 g/mol. The Morgan fingerprint density at radius 2 is 2.00 bits per heavy atom. The molecule has 1 aromatic heterocycles. The van der Waals surface area contributed by atoms with Gasteiger partial charge in [0.1, 0.15) is 11.4 Å². The van der Waals surface area contributed by atoms with Crippen molar-refractivity contribution in [2.24, 2.45) is 5.10 Å². The van der Waals surface area contributed by atoms with Gasteiger partial charge in [-0.3, -0.25) is 9.89 Å². The molecule has 2 aromatic carbocycles. The first kappa shape index (κ1) is 17.2. The number of halogens is 2. The first-order chi connectivity index (χ1) is 12.0. The van der Waals surface area contributed by atoms with Crippen molar-refractivity contribution in [3.8, 4) is 17.0 Å². The van der Waals surface area contributed by atoms with Gasteiger partial charge in [-0.2, -0.15) is 10.2 Å². The quantitative estimate of drug-likeness (QED) is 0.441. The summed E-state index contributed by atoms with van der Waals surface area (Å²) in [5, 5.41) is 20.9. The number of amides is 1. The number of H-pyrrole nitrogens is 1. The fourth-order valence-corrected chi connectivity index (χ4v) is 2.56. The lowest BCUT2D eigenvalue weighted by atomic mass is 10.1. The third kappa shape index (κ3) is 4.26. The maximum atomic E-state index is 12.1. The Kier molecular flexibility index (Phi) is 5.16. The number of nitrogens with one attached hydrogen (secondary N) is 2. The largest absolute Gasteiger partial charge is 0.507 e. The first-order valence-electron chi connectivity index (χ1n) is 7.16. The van der Waals surface area contributed by atoms with Crippen molar-refractivity contribution in [1.82, 2.24) is 15.6 Å². The summed E-state index contributed by atoms with van der Waals surface area (Å²) in [4.78, 5) is 12.1. The van der Waals surface area contributed by atoms with E-state index in [0.29, 0.717) is 16.3 Å². The summed E-state index contributed by atoms with van der Waals surface area (Å²) in [7, 11) is 0. The van der Waals surface area contributed by atoms with E-state index in [1.54, 1.807) is 30.3 Å². The normalized spacial score (nSPS) is 11.0. The van der Waals surface area contributed by atoms with Gasteiger partial charge in [0.2, 0.25) is 0 Å². The van der Waals surface area contributed by atoms with Gasteiger partial charge in [0.15, 0.2) is 0 Å². The van der Waals surface area contributed by atoms with Gasteiger partial charge in [-0.05, 0) is 36.4 Å². The molecule has 0 aliphatic carbocycles. The van der Waals surface area contributed by atoms with Gasteiger partial charge in [0.05, 0.1) is 11.9 Å². The van der Waals surface area contributed by atoms with Crippen LogP contribution in [0.25, 0.3) is 11.3 Å². The number of rotatable bonds is 4. The number of hydrogen-bond donors (Lipinski definition) is 3. The number of nitrogens with zero attached hydrogens (tertiary/aromatic N) is 2. The Hall–Kier alpha value is -2.64. The van der Waals surface area contributed by atoms with Crippen LogP contribution in [-0.4, -0.2) is 27.4 Å². The number of carbonyl (C=O) groups excluding carboxylic acids is 1. The lowest BCUT2D eigenvalue weighted by molar-refractivity contribution is 0.0950. The smallest absolute Gasteiger partial charge is 0.289 e. The topological polar surface area (TPSA) is 90.4 Å². The van der Waals surface area contributed by atoms with E-state index in [-0.39, 0.29) is 11.4 Å². The summed E-state index contributed by atoms with van der Waals surface area (Å²) in [6.45, 7) is 0. The van der Waals surface area contributed by atoms with E-state index in [0.717, 1.165) is 10.0 Å². The van der Waals surface area contributed by atoms with Gasteiger partial charge in [-0.25, -0.2) is 5.43 Å². The number of phenolic OH excluding ortho intramolecular Hbond substituents is 1. The van der Waals surface area contributed by atoms with Crippen LogP contribution in [0.2, 0.25) is 5.02 Å². The molecule has 1 heterocycles. The summed E-state index contributed by atoms with van der Waals surface area (Å²) in [6, 6.07) is 13.7. The first-order valence-corrected chi connectivity index (χ1v) is 8.33. The maximum Gasteiger partial charge on any atom is 0.289 e. The zero-order valence-electron chi connectivity index (χ0n) is 12.7. The van der Waals surface area contributed by atoms with Crippen LogP contribution in [0, 0.1) is 0 Å². The molecule has 25 heavy (non-hydrogen) atoms. The average Bonchev–Trinajstić information content (AvgIpc) is 3.08. The monoisotopic (exact) mass is 418 g/mol. The molecule has 0 atom stereocenters. The second-order valence-corrected chi connectivity index (χ2v) is 6.43. The number of hydrogen-bond acceptors (Lipinski definition) is 4. The molecule has 3 N–H and O–H groups in total. The molecule has 126 valence electrons. The van der Waals surface area contributed by atoms with Crippen LogP contribution in [0.5, 0.6) is 5.75 Å². The van der Waals surface area contributed by atoms with Gasteiger partial charge in [-0.15, -0.1) is 0 Å². The summed E-state index contributed by atoms with van der Waals surface area (Å²) in [5.41, 5.74) is 4.57. The minimum Gasteiger partial charge on any atom is -0.507 e. The molecule has 0 unspecified atom stereocenters. The van der Waals surface area contributed by atoms with E-state index < -0.39 is 5.91 Å². The van der Waals surface area contributed by atoms with Crippen LogP contribution in [0.3, 0.4) is 0 Å². The summed E-state index contributed by atoms with van der Waals surface area (Å²) in [6.07, 6.45) is 1.36. The standard InChI is InChI=1S/C17H12BrClN4O2/c18-12-3-6-16(24)11(7-12)9-20-23-17(25)15-8-14(21-22-15)10-1-4-13(19)5-2-10/h1-9,24H,(H,21,22)(H,23,25). The van der Waals surface area contributed by atoms with Crippen LogP contribution in [-0.2, 0) is 0 Å². The van der Waals surface area contributed by atoms with E-state index in [1.807, 2.05) is 12.1 Å². The highest BCUT2D eigenvalue weighted by Crippen LogP contribution is 2.21. The van der Waals surface area contributed by atoms with Crippen molar-refractivity contribution in [3.63, 3.8) is 0 Å². The molecule has 1 amide bonds. The van der Waals surface area contributed by atoms with Crippen molar-refractivity contribution in [2.45, 2.75) is 0 Å². The van der Waals surface area contributed by atoms with Crippen molar-refractivity contribution >= 4 is 39.7 Å². The zero-order chi connectivity index (χ0) is 17.8. The lowest BCUT2D eigenvalue weighted by Crippen LogP contribution is -2.18. The second kappa shape index (κ2) is 7.50. The Balaban J connectivity index is 1.69. The molecule has 0 radical (unpaired) electrons. The van der Waals surface area contributed by atoms with Gasteiger partial charge in [0, 0.05) is 20.6 Å². The zero-order valence-corrected chi connectivity index (χ0v) is 15.0. The highest BCUT2D eigenvalue weighted by molar-refractivity contribution is 9.10. The fraction of sp³-hybridized carbons (Fsp3) is 0. The molecule has 0 bridgehead atoms. The third-order valence-corrected chi connectivity index (χ3v) is 4.07. The summed E-state index contributed by atoms with van der Waals surface area (Å²) >= 11 is 9.16. The number of carbonyl (C=O) groups is 1. The molecule has 6 nitrogen and oxygen atoms in total. The number of benzene rings is 2. The minimum atomic E-state index is -0.446. The van der Waals surface area contributed by atoms with Gasteiger partial charge in [-0.1, -0.05) is 39.7 Å². The lowest BCUT2D eigenvalue weighted by Gasteiger charge is -1.99. The number of phenols is 1. The van der Waals surface area contributed by atoms with Crippen LogP contribution in [0.4, 0.5) is 0 Å². The molecule has 3 rings (SSSR count). The molecule has 3 aromatic rings. The van der Waals surface area contributed by atoms with Crippen LogP contribution >= 0.6 is 27.5 Å². The molecule has 0 spiro atoms. The van der Waals surface area contributed by atoms with Gasteiger partial charge in [0.25, 0.3) is 5.91 Å². The summed E-state index contributed by atoms with van der Waals surface area (Å²) in [5.74, 6) is -0.383. The van der Waals surface area contributed by atoms with Crippen molar-refractivity contribution in [1.29, 1.82) is 0 Å². The van der Waals surface area contributed by atoms with Crippen molar-refractivity contribution < 1.29 is 9.90 Å². The SMILES string of the molecule is O=C(NN=Cc1cc(Br)ccc1O)c1cc(-c2ccc(Cl)cc2)n[nH]1. The van der Waals surface area contributed by atoms with E-state index in [9.17, 15) is 9.90 Å². The van der Waals surface area contributed by atoms with Crippen LogP contribution < -0.4 is 5.43 Å². The predicted molar refractivity (Wildman–Crippen MR) is 99.9 cm³/mol. The number of aromatic nitrogens is 2. The maximum absolute atomic E-state index is 12.1. The second-order valence-electron chi connectivity index (χ2n) is 5.08. The predicted octanol–water partition coefficient (Wildman–Crippen LogP) is 3.96. The Labute approximate surface area is 156 Å². The van der Waals surface area contributed by atoms with Crippen molar-refractivity contribution in [2.75, 3.05) is 0 Å². The Morgan fingerprint density at radius 1 is 1.24 bits per heavy atom. The molecule has 0 saturated carbocycles. The number of aromatic hydroxyl groups is 1. The Morgan fingerprint density at radius 3 is 2.76 bits per heavy atom. The van der Waals surface area contributed by atoms with E-state index >= 15 is 0 Å². The van der Waals surface area contributed by atoms with Crippen LogP contribution in [0.1, 0.15) is 16.1 Å². The Bertz CT molecular complexity index is 938. The fourth-order valence-electron chi connectivity index (χ4n) is 2.06. The molecule has 0 aliphatic heterocycles. The minimum absolute atomic E-state index is 0.0627. The number of aromatic amines is 1. The third-order valence-electron chi connectivity index (χ3n) is 3.32. The highest BCUT2D eigenvalue weighted by atomic mass is 79.9. The highest BCUT2D eigenvalue weighted by Gasteiger charge is 2.10. The van der Waals surface area contributed by atoms with E-state index in [1.165, 1.54) is 12.3 Å². The molecule has 0 fully saturated rings. The molecule has 0 saturated heterocycles. The van der Waals surface area contributed by atoms with Crippen molar-refractivity contribution in [3.05, 3.63) is 69.3 Å². The average molecular weight is 420 g/mol. The van der Waals surface area contributed by atoms with Gasteiger partial charge < -0.3 is 5.11 Å². The van der Waals surface area contributed by atoms with Crippen LogP contribution in [0.15, 0.2) is 58.1 Å².